The summed E-state index contributed by atoms with van der Waals surface area (Å²) in [5.74, 6) is 2.41. The summed E-state index contributed by atoms with van der Waals surface area (Å²) in [6.07, 6.45) is 1.01. The maximum Gasteiger partial charge on any atom is 0.159 e. The van der Waals surface area contributed by atoms with Gasteiger partial charge in [-0.25, -0.2) is 9.97 Å². The average Bonchev–Trinajstić information content (AvgIpc) is 2.97. The van der Waals surface area contributed by atoms with Crippen molar-refractivity contribution in [2.45, 2.75) is 33.2 Å². The third kappa shape index (κ3) is 3.40. The van der Waals surface area contributed by atoms with Crippen molar-refractivity contribution in [2.75, 3.05) is 10.2 Å². The second-order valence-electron chi connectivity index (χ2n) is 6.97. The van der Waals surface area contributed by atoms with Crippen molar-refractivity contribution in [3.8, 4) is 0 Å². The molecule has 0 spiro atoms. The van der Waals surface area contributed by atoms with Crippen LogP contribution in [0, 0.1) is 6.92 Å². The number of carbonyl (C=O) groups is 1. The molecule has 2 heterocycles. The lowest BCUT2D eigenvalue weighted by Gasteiger charge is -2.24. The molecule has 0 saturated carbocycles. The lowest BCUT2D eigenvalue weighted by molar-refractivity contribution is 0.101. The number of nitrogens with one attached hydrogen (secondary N) is 1. The number of ketones is 1. The molecule has 1 unspecified atom stereocenters. The molecule has 1 aromatic heterocycles. The van der Waals surface area contributed by atoms with Crippen LogP contribution in [0.4, 0.5) is 23.0 Å². The van der Waals surface area contributed by atoms with E-state index in [9.17, 15) is 4.79 Å². The molecule has 2 aromatic carbocycles. The van der Waals surface area contributed by atoms with E-state index in [-0.39, 0.29) is 5.78 Å². The van der Waals surface area contributed by atoms with Crippen molar-refractivity contribution in [2.24, 2.45) is 0 Å². The molecule has 0 saturated heterocycles. The highest BCUT2D eigenvalue weighted by atomic mass is 16.1. The van der Waals surface area contributed by atoms with Crippen molar-refractivity contribution in [3.05, 3.63) is 71.5 Å². The van der Waals surface area contributed by atoms with E-state index >= 15 is 0 Å². The van der Waals surface area contributed by atoms with Gasteiger partial charge in [0.2, 0.25) is 0 Å². The second kappa shape index (κ2) is 6.83. The van der Waals surface area contributed by atoms with E-state index in [1.807, 2.05) is 37.3 Å². The topological polar surface area (TPSA) is 58.1 Å². The average molecular weight is 358 g/mol. The predicted molar refractivity (Wildman–Crippen MR) is 108 cm³/mol. The molecule has 0 aliphatic carbocycles. The number of rotatable bonds is 4. The first-order chi connectivity index (χ1) is 13.0. The standard InChI is InChI=1S/C22H22N4O/c1-14-12-18-6-4-5-7-20(18)26(14)22-13-21(23-16(3)24-22)25-19-10-8-17(9-11-19)15(2)27/h4-11,13-14H,12H2,1-3H3,(H,23,24,25). The van der Waals surface area contributed by atoms with E-state index in [1.54, 1.807) is 6.92 Å². The lowest BCUT2D eigenvalue weighted by atomic mass is 10.1. The number of para-hydroxylation sites is 1. The molecule has 1 aliphatic heterocycles. The van der Waals surface area contributed by atoms with Crippen molar-refractivity contribution < 1.29 is 4.79 Å². The molecule has 3 aromatic rings. The Kier molecular flexibility index (Phi) is 4.36. The molecule has 27 heavy (non-hydrogen) atoms. The fraction of sp³-hybridized carbons (Fsp3) is 0.227. The fourth-order valence-corrected chi connectivity index (χ4v) is 3.59. The monoisotopic (exact) mass is 358 g/mol. The van der Waals surface area contributed by atoms with E-state index in [0.29, 0.717) is 17.4 Å². The summed E-state index contributed by atoms with van der Waals surface area (Å²) in [4.78, 5) is 22.9. The van der Waals surface area contributed by atoms with Crippen molar-refractivity contribution in [3.63, 3.8) is 0 Å². The third-order valence-corrected chi connectivity index (χ3v) is 4.84. The van der Waals surface area contributed by atoms with E-state index in [2.05, 4.69) is 51.4 Å². The van der Waals surface area contributed by atoms with Gasteiger partial charge >= 0.3 is 0 Å². The Morgan fingerprint density at radius 2 is 1.85 bits per heavy atom. The van der Waals surface area contributed by atoms with Crippen LogP contribution in [0.1, 0.15) is 35.6 Å². The van der Waals surface area contributed by atoms with Crippen LogP contribution in [-0.4, -0.2) is 21.8 Å². The molecule has 0 radical (unpaired) electrons. The number of Topliss-reactive ketones (excluding diaryl/α,β-unsaturated/α-hetero) is 1. The zero-order valence-corrected chi connectivity index (χ0v) is 15.7. The maximum atomic E-state index is 11.4. The van der Waals surface area contributed by atoms with Crippen LogP contribution in [0.15, 0.2) is 54.6 Å². The normalized spacial score (nSPS) is 15.5. The third-order valence-electron chi connectivity index (χ3n) is 4.84. The summed E-state index contributed by atoms with van der Waals surface area (Å²) in [5.41, 5.74) is 4.14. The summed E-state index contributed by atoms with van der Waals surface area (Å²) in [6.45, 7) is 5.68. The van der Waals surface area contributed by atoms with Crippen LogP contribution in [0.2, 0.25) is 0 Å². The number of hydrogen-bond acceptors (Lipinski definition) is 5. The number of nitrogens with zero attached hydrogens (tertiary/aromatic N) is 3. The molecule has 4 rings (SSSR count). The first-order valence-electron chi connectivity index (χ1n) is 9.12. The van der Waals surface area contributed by atoms with E-state index < -0.39 is 0 Å². The summed E-state index contributed by atoms with van der Waals surface area (Å²) < 4.78 is 0. The van der Waals surface area contributed by atoms with Gasteiger partial charge in [0.15, 0.2) is 5.78 Å². The molecule has 1 aliphatic rings. The number of aryl methyl sites for hydroxylation is 1. The molecule has 0 bridgehead atoms. The SMILES string of the molecule is CC(=O)c1ccc(Nc2cc(N3c4ccccc4CC3C)nc(C)n2)cc1. The predicted octanol–water partition coefficient (Wildman–Crippen LogP) is 4.81. The number of benzene rings is 2. The lowest BCUT2D eigenvalue weighted by Crippen LogP contribution is -2.25. The number of fused-ring (bicyclic) bond motifs is 1. The van der Waals surface area contributed by atoms with Crippen molar-refractivity contribution >= 4 is 28.8 Å². The van der Waals surface area contributed by atoms with E-state index in [4.69, 9.17) is 0 Å². The minimum absolute atomic E-state index is 0.0587. The van der Waals surface area contributed by atoms with Gasteiger partial charge in [-0.1, -0.05) is 18.2 Å². The molecular formula is C22H22N4O. The van der Waals surface area contributed by atoms with Crippen LogP contribution < -0.4 is 10.2 Å². The van der Waals surface area contributed by atoms with E-state index in [1.165, 1.54) is 11.3 Å². The highest BCUT2D eigenvalue weighted by molar-refractivity contribution is 5.94. The summed E-state index contributed by atoms with van der Waals surface area (Å²) in [7, 11) is 0. The fourth-order valence-electron chi connectivity index (χ4n) is 3.59. The second-order valence-corrected chi connectivity index (χ2v) is 6.97. The summed E-state index contributed by atoms with van der Waals surface area (Å²) in [6, 6.07) is 18.2. The summed E-state index contributed by atoms with van der Waals surface area (Å²) in [5, 5.41) is 3.32. The van der Waals surface area contributed by atoms with E-state index in [0.717, 1.165) is 23.7 Å². The van der Waals surface area contributed by atoms with Gasteiger partial charge < -0.3 is 10.2 Å². The Morgan fingerprint density at radius 1 is 1.11 bits per heavy atom. The smallest absolute Gasteiger partial charge is 0.159 e. The minimum Gasteiger partial charge on any atom is -0.340 e. The van der Waals surface area contributed by atoms with Gasteiger partial charge in [-0.2, -0.15) is 0 Å². The quantitative estimate of drug-likeness (QED) is 0.678. The largest absolute Gasteiger partial charge is 0.340 e. The first kappa shape index (κ1) is 17.2. The van der Waals surface area contributed by atoms with Crippen LogP contribution in [-0.2, 0) is 6.42 Å². The summed E-state index contributed by atoms with van der Waals surface area (Å²) >= 11 is 0. The van der Waals surface area contributed by atoms with Crippen LogP contribution in [0.5, 0.6) is 0 Å². The molecule has 0 amide bonds. The number of aromatic nitrogens is 2. The minimum atomic E-state index is 0.0587. The first-order valence-corrected chi connectivity index (χ1v) is 9.12. The number of carbonyl (C=O) groups excluding carboxylic acids is 1. The molecule has 0 fully saturated rings. The Labute approximate surface area is 159 Å². The zero-order chi connectivity index (χ0) is 19.0. The van der Waals surface area contributed by atoms with Gasteiger partial charge in [-0.15, -0.1) is 0 Å². The van der Waals surface area contributed by atoms with Gasteiger partial charge in [0.25, 0.3) is 0 Å². The van der Waals surface area contributed by atoms with Crippen LogP contribution in [0.3, 0.4) is 0 Å². The highest BCUT2D eigenvalue weighted by Gasteiger charge is 2.28. The number of hydrogen-bond donors (Lipinski definition) is 1. The van der Waals surface area contributed by atoms with Gasteiger partial charge in [0, 0.05) is 29.0 Å². The highest BCUT2D eigenvalue weighted by Crippen LogP contribution is 2.37. The molecular weight excluding hydrogens is 336 g/mol. The van der Waals surface area contributed by atoms with Gasteiger partial charge in [0.05, 0.1) is 0 Å². The van der Waals surface area contributed by atoms with Gasteiger partial charge in [0.1, 0.15) is 17.5 Å². The Balaban J connectivity index is 1.65. The van der Waals surface area contributed by atoms with Crippen LogP contribution >= 0.6 is 0 Å². The Morgan fingerprint density at radius 3 is 2.59 bits per heavy atom. The Hall–Kier alpha value is -3.21. The molecule has 1 N–H and O–H groups in total. The maximum absolute atomic E-state index is 11.4. The Bertz CT molecular complexity index is 997. The molecule has 1 atom stereocenters. The van der Waals surface area contributed by atoms with Crippen molar-refractivity contribution in [1.82, 2.24) is 9.97 Å². The zero-order valence-electron chi connectivity index (χ0n) is 15.7. The van der Waals surface area contributed by atoms with Gasteiger partial charge in [-0.05, 0) is 63.1 Å². The number of anilines is 4. The van der Waals surface area contributed by atoms with Gasteiger partial charge in [-0.3, -0.25) is 4.79 Å². The van der Waals surface area contributed by atoms with Crippen LogP contribution in [0.25, 0.3) is 0 Å². The molecule has 5 heteroatoms. The molecule has 136 valence electrons. The van der Waals surface area contributed by atoms with Crippen molar-refractivity contribution in [1.29, 1.82) is 0 Å². The molecule has 5 nitrogen and oxygen atoms in total.